The summed E-state index contributed by atoms with van der Waals surface area (Å²) in [4.78, 5) is 23.8. The van der Waals surface area contributed by atoms with Crippen molar-refractivity contribution >= 4 is 46.9 Å². The normalized spacial score (nSPS) is 10.8. The van der Waals surface area contributed by atoms with E-state index in [1.807, 2.05) is 12.1 Å². The first-order valence-electron chi connectivity index (χ1n) is 8.19. The highest BCUT2D eigenvalue weighted by atomic mass is 35.5. The van der Waals surface area contributed by atoms with Gasteiger partial charge < -0.3 is 9.73 Å². The molecule has 2 amide bonds. The summed E-state index contributed by atoms with van der Waals surface area (Å²) in [6.07, 6.45) is 1.30. The van der Waals surface area contributed by atoms with Gasteiger partial charge in [-0.1, -0.05) is 41.4 Å². The Morgan fingerprint density at radius 3 is 2.57 bits per heavy atom. The molecule has 0 aliphatic rings. The van der Waals surface area contributed by atoms with Crippen LogP contribution >= 0.6 is 23.2 Å². The molecule has 0 saturated heterocycles. The molecule has 1 aromatic heterocycles. The van der Waals surface area contributed by atoms with Crippen molar-refractivity contribution in [1.29, 1.82) is 0 Å². The van der Waals surface area contributed by atoms with Crippen LogP contribution in [-0.2, 0) is 9.59 Å². The molecule has 8 heteroatoms. The maximum absolute atomic E-state index is 12.0. The van der Waals surface area contributed by atoms with E-state index >= 15 is 0 Å². The van der Waals surface area contributed by atoms with Crippen molar-refractivity contribution in [1.82, 2.24) is 5.43 Å². The topological polar surface area (TPSA) is 83.7 Å². The number of furan rings is 1. The second-order valence-electron chi connectivity index (χ2n) is 5.82. The number of halogens is 2. The van der Waals surface area contributed by atoms with Crippen molar-refractivity contribution in [2.75, 3.05) is 5.32 Å². The molecule has 0 aliphatic carbocycles. The van der Waals surface area contributed by atoms with Crippen LogP contribution in [0.4, 0.5) is 5.69 Å². The van der Waals surface area contributed by atoms with Gasteiger partial charge >= 0.3 is 11.8 Å². The van der Waals surface area contributed by atoms with Crippen LogP contribution in [0.1, 0.15) is 11.3 Å². The van der Waals surface area contributed by atoms with Crippen molar-refractivity contribution < 1.29 is 14.0 Å². The van der Waals surface area contributed by atoms with Gasteiger partial charge in [0.05, 0.1) is 6.21 Å². The first-order chi connectivity index (χ1) is 13.4. The molecule has 28 heavy (non-hydrogen) atoms. The number of amides is 2. The van der Waals surface area contributed by atoms with Gasteiger partial charge in [-0.3, -0.25) is 9.59 Å². The van der Waals surface area contributed by atoms with E-state index in [0.29, 0.717) is 27.3 Å². The Kier molecular flexibility index (Phi) is 6.13. The predicted octanol–water partition coefficient (Wildman–Crippen LogP) is 4.65. The summed E-state index contributed by atoms with van der Waals surface area (Å²) < 4.78 is 5.62. The van der Waals surface area contributed by atoms with E-state index in [4.69, 9.17) is 27.6 Å². The number of rotatable bonds is 4. The highest BCUT2D eigenvalue weighted by molar-refractivity contribution is 6.40. The van der Waals surface area contributed by atoms with Gasteiger partial charge in [-0.2, -0.15) is 5.10 Å². The Morgan fingerprint density at radius 1 is 1.00 bits per heavy atom. The van der Waals surface area contributed by atoms with E-state index in [2.05, 4.69) is 15.8 Å². The third-order valence-electron chi connectivity index (χ3n) is 3.75. The first kappa shape index (κ1) is 19.7. The van der Waals surface area contributed by atoms with E-state index in [-0.39, 0.29) is 0 Å². The van der Waals surface area contributed by atoms with Crippen LogP contribution in [0.25, 0.3) is 11.3 Å². The number of hydrogen-bond acceptors (Lipinski definition) is 4. The summed E-state index contributed by atoms with van der Waals surface area (Å²) in [5.74, 6) is -0.773. The van der Waals surface area contributed by atoms with E-state index in [1.165, 1.54) is 6.21 Å². The van der Waals surface area contributed by atoms with Crippen LogP contribution in [0.2, 0.25) is 10.0 Å². The van der Waals surface area contributed by atoms with Crippen molar-refractivity contribution in [2.45, 2.75) is 6.92 Å². The van der Waals surface area contributed by atoms with Crippen LogP contribution in [0.15, 0.2) is 64.1 Å². The van der Waals surface area contributed by atoms with Gasteiger partial charge in [0, 0.05) is 21.3 Å². The summed E-state index contributed by atoms with van der Waals surface area (Å²) in [5.41, 5.74) is 4.19. The van der Waals surface area contributed by atoms with Crippen molar-refractivity contribution in [2.24, 2.45) is 5.10 Å². The molecule has 0 saturated carbocycles. The zero-order valence-electron chi connectivity index (χ0n) is 14.7. The molecule has 0 radical (unpaired) electrons. The first-order valence-corrected chi connectivity index (χ1v) is 8.94. The number of carbonyl (C=O) groups is 2. The molecule has 0 unspecified atom stereocenters. The molecular weight excluding hydrogens is 401 g/mol. The maximum atomic E-state index is 12.0. The summed E-state index contributed by atoms with van der Waals surface area (Å²) in [5, 5.41) is 7.27. The van der Waals surface area contributed by atoms with Crippen LogP contribution in [0.5, 0.6) is 0 Å². The monoisotopic (exact) mass is 415 g/mol. The van der Waals surface area contributed by atoms with Gasteiger partial charge in [0.2, 0.25) is 0 Å². The third-order valence-corrected chi connectivity index (χ3v) is 4.22. The molecule has 0 bridgehead atoms. The van der Waals surface area contributed by atoms with Crippen LogP contribution in [-0.4, -0.2) is 18.0 Å². The molecule has 3 aromatic rings. The number of nitrogens with one attached hydrogen (secondary N) is 2. The van der Waals surface area contributed by atoms with Gasteiger partial charge in [-0.25, -0.2) is 5.43 Å². The number of carbonyl (C=O) groups excluding carboxylic acids is 2. The van der Waals surface area contributed by atoms with Crippen molar-refractivity contribution in [3.05, 3.63) is 76.0 Å². The number of aryl methyl sites for hydroxylation is 1. The molecule has 142 valence electrons. The molecule has 0 atom stereocenters. The van der Waals surface area contributed by atoms with Gasteiger partial charge in [0.15, 0.2) is 0 Å². The summed E-state index contributed by atoms with van der Waals surface area (Å²) in [7, 11) is 0. The minimum absolute atomic E-state index is 0.404. The average molecular weight is 416 g/mol. The number of hydrazone groups is 1. The van der Waals surface area contributed by atoms with Gasteiger partial charge in [-0.05, 0) is 48.9 Å². The molecule has 0 aliphatic heterocycles. The molecule has 6 nitrogen and oxygen atoms in total. The quantitative estimate of drug-likeness (QED) is 0.369. The third kappa shape index (κ3) is 5.00. The summed E-state index contributed by atoms with van der Waals surface area (Å²) in [6.45, 7) is 1.79. The molecule has 3 rings (SSSR count). The second kappa shape index (κ2) is 8.73. The zero-order valence-corrected chi connectivity index (χ0v) is 16.2. The SMILES string of the molecule is Cc1ccc(Cl)cc1NC(=O)C(=O)N/N=C/c1ccc(-c2cccc(Cl)c2)o1. The van der Waals surface area contributed by atoms with Crippen molar-refractivity contribution in [3.63, 3.8) is 0 Å². The van der Waals surface area contributed by atoms with E-state index < -0.39 is 11.8 Å². The molecule has 2 N–H and O–H groups in total. The largest absolute Gasteiger partial charge is 0.455 e. The lowest BCUT2D eigenvalue weighted by Gasteiger charge is -2.07. The molecular formula is C20H15Cl2N3O3. The van der Waals surface area contributed by atoms with Gasteiger partial charge in [0.1, 0.15) is 11.5 Å². The standard InChI is InChI=1S/C20H15Cl2N3O3/c1-12-5-6-15(22)10-17(12)24-19(26)20(27)25-23-11-16-7-8-18(28-16)13-3-2-4-14(21)9-13/h2-11H,1H3,(H,24,26)(H,25,27)/b23-11+. The highest BCUT2D eigenvalue weighted by Crippen LogP contribution is 2.24. The van der Waals surface area contributed by atoms with Gasteiger partial charge in [0.25, 0.3) is 0 Å². The van der Waals surface area contributed by atoms with Crippen molar-refractivity contribution in [3.8, 4) is 11.3 Å². The number of nitrogens with zero attached hydrogens (tertiary/aromatic N) is 1. The van der Waals surface area contributed by atoms with E-state index in [1.54, 1.807) is 49.4 Å². The Morgan fingerprint density at radius 2 is 1.79 bits per heavy atom. The van der Waals surface area contributed by atoms with Crippen LogP contribution in [0, 0.1) is 6.92 Å². The lowest BCUT2D eigenvalue weighted by molar-refractivity contribution is -0.136. The smallest absolute Gasteiger partial charge is 0.329 e. The molecule has 2 aromatic carbocycles. The fourth-order valence-corrected chi connectivity index (χ4v) is 2.69. The predicted molar refractivity (Wildman–Crippen MR) is 110 cm³/mol. The Bertz CT molecular complexity index is 1060. The fraction of sp³-hybridized carbons (Fsp3) is 0.0500. The van der Waals surface area contributed by atoms with Gasteiger partial charge in [-0.15, -0.1) is 0 Å². The second-order valence-corrected chi connectivity index (χ2v) is 6.70. The minimum Gasteiger partial charge on any atom is -0.455 e. The highest BCUT2D eigenvalue weighted by Gasteiger charge is 2.14. The molecule has 1 heterocycles. The number of anilines is 1. The molecule has 0 fully saturated rings. The maximum Gasteiger partial charge on any atom is 0.329 e. The summed E-state index contributed by atoms with van der Waals surface area (Å²) in [6, 6.07) is 15.6. The van der Waals surface area contributed by atoms with Crippen LogP contribution in [0.3, 0.4) is 0 Å². The van der Waals surface area contributed by atoms with E-state index in [0.717, 1.165) is 11.1 Å². The number of hydrogen-bond donors (Lipinski definition) is 2. The Hall–Kier alpha value is -3.09. The Balaban J connectivity index is 1.59. The van der Waals surface area contributed by atoms with Crippen LogP contribution < -0.4 is 10.7 Å². The zero-order chi connectivity index (χ0) is 20.1. The lowest BCUT2D eigenvalue weighted by Crippen LogP contribution is -2.32. The lowest BCUT2D eigenvalue weighted by atomic mass is 10.2. The minimum atomic E-state index is -0.919. The summed E-state index contributed by atoms with van der Waals surface area (Å²) >= 11 is 11.9. The molecule has 0 spiro atoms. The van der Waals surface area contributed by atoms with E-state index in [9.17, 15) is 9.59 Å². The average Bonchev–Trinajstić information content (AvgIpc) is 3.13. The Labute approximate surface area is 171 Å². The fourth-order valence-electron chi connectivity index (χ4n) is 2.33. The number of benzene rings is 2.